The van der Waals surface area contributed by atoms with E-state index in [0.717, 1.165) is 11.1 Å². The third kappa shape index (κ3) is 8.12. The van der Waals surface area contributed by atoms with Crippen LogP contribution in [0, 0.1) is 5.41 Å². The molecule has 1 aromatic carbocycles. The first-order valence-corrected chi connectivity index (χ1v) is 16.7. The van der Waals surface area contributed by atoms with Crippen molar-refractivity contribution in [3.8, 4) is 0 Å². The number of fused-ring (bicyclic) bond motifs is 4. The largest absolute Gasteiger partial charge is 0.499 e. The van der Waals surface area contributed by atoms with Crippen molar-refractivity contribution in [2.24, 2.45) is 5.41 Å². The van der Waals surface area contributed by atoms with Crippen LogP contribution in [0.4, 0.5) is 0 Å². The molecular formula is C34H47N3O13. The van der Waals surface area contributed by atoms with Gasteiger partial charge in [0.15, 0.2) is 6.04 Å². The van der Waals surface area contributed by atoms with Gasteiger partial charge in [-0.25, -0.2) is 0 Å². The molecule has 2 bridgehead atoms. The Morgan fingerprint density at radius 3 is 2.50 bits per heavy atom. The smallest absolute Gasteiger partial charge is 0.327 e. The molecule has 276 valence electrons. The number of nitrogens with one attached hydrogen (secondary N) is 2. The predicted octanol–water partition coefficient (Wildman–Crippen LogP) is -0.328. The molecule has 1 aromatic rings. The van der Waals surface area contributed by atoms with E-state index in [-0.39, 0.29) is 45.8 Å². The van der Waals surface area contributed by atoms with E-state index in [1.807, 2.05) is 24.3 Å². The van der Waals surface area contributed by atoms with Crippen LogP contribution < -0.4 is 10.6 Å². The molecule has 3 saturated heterocycles. The van der Waals surface area contributed by atoms with E-state index in [9.17, 15) is 29.4 Å². The van der Waals surface area contributed by atoms with Crippen molar-refractivity contribution >= 4 is 29.8 Å². The first-order valence-electron chi connectivity index (χ1n) is 16.7. The van der Waals surface area contributed by atoms with E-state index in [2.05, 4.69) is 10.6 Å². The lowest BCUT2D eigenvalue weighted by molar-refractivity contribution is -0.201. The molecule has 1 aliphatic carbocycles. The van der Waals surface area contributed by atoms with E-state index in [0.29, 0.717) is 0 Å². The highest BCUT2D eigenvalue weighted by Gasteiger charge is 2.74. The average molecular weight is 706 g/mol. The summed E-state index contributed by atoms with van der Waals surface area (Å²) in [5, 5.41) is 36.1. The Labute approximate surface area is 289 Å². The summed E-state index contributed by atoms with van der Waals surface area (Å²) >= 11 is 0. The van der Waals surface area contributed by atoms with Gasteiger partial charge in [-0.2, -0.15) is 5.06 Å². The number of hydrogen-bond acceptors (Lipinski definition) is 14. The number of nitrogens with zero attached hydrogens (tertiary/aromatic N) is 1. The van der Waals surface area contributed by atoms with Crippen LogP contribution in [-0.2, 0) is 54.2 Å². The molecule has 0 spiro atoms. The van der Waals surface area contributed by atoms with Crippen molar-refractivity contribution in [2.45, 2.75) is 108 Å². The molecule has 9 atom stereocenters. The molecule has 0 radical (unpaired) electrons. The second-order valence-corrected chi connectivity index (χ2v) is 13.9. The van der Waals surface area contributed by atoms with Gasteiger partial charge < -0.3 is 49.6 Å². The Morgan fingerprint density at radius 1 is 1.12 bits per heavy atom. The summed E-state index contributed by atoms with van der Waals surface area (Å²) < 4.78 is 27.9. The minimum absolute atomic E-state index is 0.0157. The van der Waals surface area contributed by atoms with Crippen LogP contribution in [0.5, 0.6) is 0 Å². The summed E-state index contributed by atoms with van der Waals surface area (Å²) in [5.74, 6) is -2.72. The topological polar surface area (TPSA) is 212 Å². The SMILES string of the molecule is C[C@H](O)[C@@H](NC(=O)[C@@]12C[C@H]3OC(=O)[C@@H]1N(Cc1ccc(C=COCCO)cc1)O[C@@H]2[C@H]1OCO[C@H]13)C(=O)N[C@H](CO)CCC(=O)OC(C)(C)C. The highest BCUT2D eigenvalue weighted by Crippen LogP contribution is 2.55. The third-order valence-electron chi connectivity index (χ3n) is 9.11. The molecule has 5 N–H and O–H groups in total. The maximum atomic E-state index is 14.5. The quantitative estimate of drug-likeness (QED) is 0.0899. The summed E-state index contributed by atoms with van der Waals surface area (Å²) in [6.07, 6.45) is -1.44. The molecule has 50 heavy (non-hydrogen) atoms. The van der Waals surface area contributed by atoms with Crippen LogP contribution in [0.15, 0.2) is 30.5 Å². The number of aliphatic hydroxyl groups is 3. The molecule has 4 aliphatic rings. The second kappa shape index (κ2) is 15.7. The number of hydrogen-bond donors (Lipinski definition) is 5. The maximum absolute atomic E-state index is 14.5. The van der Waals surface area contributed by atoms with Gasteiger partial charge in [-0.05, 0) is 51.3 Å². The minimum atomic E-state index is -1.58. The van der Waals surface area contributed by atoms with Crippen molar-refractivity contribution in [2.75, 3.05) is 26.6 Å². The molecule has 16 nitrogen and oxygen atoms in total. The van der Waals surface area contributed by atoms with Gasteiger partial charge in [0.1, 0.15) is 54.9 Å². The van der Waals surface area contributed by atoms with E-state index in [4.69, 9.17) is 33.6 Å². The molecule has 1 saturated carbocycles. The van der Waals surface area contributed by atoms with E-state index >= 15 is 0 Å². The number of rotatable bonds is 15. The molecule has 3 heterocycles. The number of amides is 2. The number of esters is 2. The van der Waals surface area contributed by atoms with Crippen LogP contribution >= 0.6 is 0 Å². The Morgan fingerprint density at radius 2 is 1.84 bits per heavy atom. The van der Waals surface area contributed by atoms with Gasteiger partial charge in [-0.1, -0.05) is 24.3 Å². The van der Waals surface area contributed by atoms with E-state index in [1.165, 1.54) is 18.2 Å². The summed E-state index contributed by atoms with van der Waals surface area (Å²) in [4.78, 5) is 60.2. The summed E-state index contributed by atoms with van der Waals surface area (Å²) in [7, 11) is 0. The third-order valence-corrected chi connectivity index (χ3v) is 9.11. The van der Waals surface area contributed by atoms with Crippen molar-refractivity contribution < 1.29 is 63.0 Å². The van der Waals surface area contributed by atoms with Gasteiger partial charge in [-0.15, -0.1) is 0 Å². The highest BCUT2D eigenvalue weighted by atomic mass is 16.8. The molecule has 5 rings (SSSR count). The summed E-state index contributed by atoms with van der Waals surface area (Å²) in [6, 6.07) is 3.73. The number of ether oxygens (including phenoxy) is 5. The van der Waals surface area contributed by atoms with E-state index < -0.39 is 90.0 Å². The second-order valence-electron chi connectivity index (χ2n) is 13.9. The molecule has 0 unspecified atom stereocenters. The van der Waals surface area contributed by atoms with Gasteiger partial charge in [0, 0.05) is 12.8 Å². The van der Waals surface area contributed by atoms with Gasteiger partial charge in [-0.3, -0.25) is 24.0 Å². The minimum Gasteiger partial charge on any atom is -0.499 e. The molecule has 2 amide bonds. The van der Waals surface area contributed by atoms with Crippen LogP contribution in [-0.4, -0.2) is 125 Å². The fourth-order valence-electron chi connectivity index (χ4n) is 6.86. The first kappa shape index (κ1) is 37.6. The Kier molecular flexibility index (Phi) is 11.8. The zero-order valence-electron chi connectivity index (χ0n) is 28.6. The van der Waals surface area contributed by atoms with Crippen LogP contribution in [0.25, 0.3) is 6.08 Å². The van der Waals surface area contributed by atoms with Crippen molar-refractivity contribution in [3.63, 3.8) is 0 Å². The van der Waals surface area contributed by atoms with Crippen molar-refractivity contribution in [3.05, 3.63) is 41.7 Å². The predicted molar refractivity (Wildman–Crippen MR) is 172 cm³/mol. The van der Waals surface area contributed by atoms with Crippen LogP contribution in [0.2, 0.25) is 0 Å². The van der Waals surface area contributed by atoms with Crippen LogP contribution in [0.3, 0.4) is 0 Å². The molecule has 3 aliphatic heterocycles. The lowest BCUT2D eigenvalue weighted by Gasteiger charge is -2.49. The van der Waals surface area contributed by atoms with Gasteiger partial charge >= 0.3 is 11.9 Å². The first-order chi connectivity index (χ1) is 23.8. The number of hydroxylamine groups is 2. The number of carbonyl (C=O) groups is 4. The number of benzene rings is 1. The number of aliphatic hydroxyl groups excluding tert-OH is 3. The average Bonchev–Trinajstić information content (AvgIpc) is 3.68. The summed E-state index contributed by atoms with van der Waals surface area (Å²) in [5.41, 5.74) is -0.700. The van der Waals surface area contributed by atoms with E-state index in [1.54, 1.807) is 26.8 Å². The summed E-state index contributed by atoms with van der Waals surface area (Å²) in [6.45, 7) is 6.08. The Bertz CT molecular complexity index is 1410. The fourth-order valence-corrected chi connectivity index (χ4v) is 6.86. The highest BCUT2D eigenvalue weighted by molar-refractivity contribution is 5.96. The molecule has 0 aromatic heterocycles. The van der Waals surface area contributed by atoms with Crippen molar-refractivity contribution in [1.82, 2.24) is 15.7 Å². The lowest BCUT2D eigenvalue weighted by atomic mass is 9.62. The van der Waals surface area contributed by atoms with Gasteiger partial charge in [0.25, 0.3) is 0 Å². The molecule has 16 heteroatoms. The zero-order valence-corrected chi connectivity index (χ0v) is 28.6. The van der Waals surface area contributed by atoms with Crippen molar-refractivity contribution in [1.29, 1.82) is 0 Å². The normalized spacial score (nSPS) is 29.1. The Balaban J connectivity index is 1.34. The lowest BCUT2D eigenvalue weighted by Crippen LogP contribution is -2.71. The van der Waals surface area contributed by atoms with Crippen LogP contribution in [0.1, 0.15) is 58.1 Å². The Hall–Kier alpha value is -3.64. The standard InChI is InChI=1S/C34H47N3O13/c1-19(40)25(30(42)35-22(17-39)9-10-24(41)49-33(2,3)4)36-32(44)34-15-23-26-27(47-18-46-26)29(34)50-37(28(34)31(43)48-23)16-21-7-5-20(6-8-21)11-13-45-14-12-38/h5-8,11,13,19,22-23,25-29,38-40H,9-10,12,14-18H2,1-4H3,(H,35,42)(H,36,44)/t19-,22-,23+,25+,26-,27-,28-,29+,34-/m0/s1. The number of carbonyl (C=O) groups excluding carboxylic acids is 4. The maximum Gasteiger partial charge on any atom is 0.327 e. The zero-order chi connectivity index (χ0) is 36.2. The molecular weight excluding hydrogens is 658 g/mol. The van der Waals surface area contributed by atoms with Gasteiger partial charge in [0.2, 0.25) is 11.8 Å². The monoisotopic (exact) mass is 705 g/mol. The fraction of sp³-hybridized carbons (Fsp3) is 0.647. The molecule has 4 fully saturated rings. The van der Waals surface area contributed by atoms with Gasteiger partial charge in [0.05, 0.1) is 38.2 Å².